The highest BCUT2D eigenvalue weighted by atomic mass is 16.5. The second-order valence-corrected chi connectivity index (χ2v) is 5.15. The fourth-order valence-corrected chi connectivity index (χ4v) is 2.80. The lowest BCUT2D eigenvalue weighted by atomic mass is 9.94. The molecule has 1 N–H and O–H groups in total. The monoisotopic (exact) mass is 247 g/mol. The lowest BCUT2D eigenvalue weighted by Crippen LogP contribution is -2.33. The van der Waals surface area contributed by atoms with E-state index in [-0.39, 0.29) is 0 Å². The van der Waals surface area contributed by atoms with Gasteiger partial charge in [0.15, 0.2) is 0 Å². The zero-order valence-electron chi connectivity index (χ0n) is 10.7. The van der Waals surface area contributed by atoms with E-state index in [1.54, 1.807) is 0 Å². The number of ether oxygens (including phenoxy) is 2. The van der Waals surface area contributed by atoms with Gasteiger partial charge in [0.25, 0.3) is 0 Å². The summed E-state index contributed by atoms with van der Waals surface area (Å²) in [6, 6.07) is 8.36. The van der Waals surface area contributed by atoms with Crippen LogP contribution in [-0.4, -0.2) is 32.4 Å². The highest BCUT2D eigenvalue weighted by Gasteiger charge is 2.23. The minimum absolute atomic E-state index is 0.446. The van der Waals surface area contributed by atoms with E-state index < -0.39 is 0 Å². The maximum absolute atomic E-state index is 6.08. The number of para-hydroxylation sites is 1. The Morgan fingerprint density at radius 3 is 2.89 bits per heavy atom. The lowest BCUT2D eigenvalue weighted by molar-refractivity contribution is 0.0188. The van der Waals surface area contributed by atoms with Gasteiger partial charge in [0.1, 0.15) is 5.75 Å². The van der Waals surface area contributed by atoms with Crippen LogP contribution in [0.3, 0.4) is 0 Å². The van der Waals surface area contributed by atoms with Crippen molar-refractivity contribution in [1.82, 2.24) is 5.32 Å². The molecule has 1 aromatic rings. The maximum Gasteiger partial charge on any atom is 0.122 e. The Kier molecular flexibility index (Phi) is 3.81. The minimum atomic E-state index is 0.446. The highest BCUT2D eigenvalue weighted by Crippen LogP contribution is 2.33. The number of rotatable bonds is 3. The maximum atomic E-state index is 6.08. The van der Waals surface area contributed by atoms with Gasteiger partial charge in [0.05, 0.1) is 19.3 Å². The molecule has 0 bridgehead atoms. The molecule has 0 radical (unpaired) electrons. The van der Waals surface area contributed by atoms with Gasteiger partial charge in [-0.25, -0.2) is 0 Å². The van der Waals surface area contributed by atoms with Gasteiger partial charge in [-0.3, -0.25) is 0 Å². The van der Waals surface area contributed by atoms with Crippen molar-refractivity contribution in [2.75, 3.05) is 26.3 Å². The molecule has 3 rings (SSSR count). The van der Waals surface area contributed by atoms with Crippen molar-refractivity contribution in [3.8, 4) is 5.75 Å². The van der Waals surface area contributed by atoms with Crippen LogP contribution in [0.4, 0.5) is 0 Å². The Morgan fingerprint density at radius 2 is 2.00 bits per heavy atom. The van der Waals surface area contributed by atoms with E-state index in [0.29, 0.717) is 12.0 Å². The molecule has 2 heterocycles. The Morgan fingerprint density at radius 1 is 1.17 bits per heavy atom. The van der Waals surface area contributed by atoms with Gasteiger partial charge in [0, 0.05) is 5.92 Å². The molecule has 98 valence electrons. The van der Waals surface area contributed by atoms with Crippen LogP contribution in [0.5, 0.6) is 5.75 Å². The zero-order valence-corrected chi connectivity index (χ0v) is 10.7. The molecule has 0 aliphatic carbocycles. The molecule has 0 amide bonds. The van der Waals surface area contributed by atoms with Crippen LogP contribution in [0.25, 0.3) is 0 Å². The van der Waals surface area contributed by atoms with Crippen LogP contribution in [0.15, 0.2) is 24.3 Å². The molecule has 2 aliphatic heterocycles. The summed E-state index contributed by atoms with van der Waals surface area (Å²) in [4.78, 5) is 0. The summed E-state index contributed by atoms with van der Waals surface area (Å²) in [6.07, 6.45) is 3.80. The molecule has 0 spiro atoms. The first-order valence-corrected chi connectivity index (χ1v) is 6.97. The van der Waals surface area contributed by atoms with Crippen molar-refractivity contribution in [3.63, 3.8) is 0 Å². The van der Waals surface area contributed by atoms with E-state index in [0.717, 1.165) is 51.3 Å². The summed E-state index contributed by atoms with van der Waals surface area (Å²) in [5.74, 6) is 1.55. The summed E-state index contributed by atoms with van der Waals surface area (Å²) in [5.41, 5.74) is 1.32. The number of fused-ring (bicyclic) bond motifs is 1. The predicted molar refractivity (Wildman–Crippen MR) is 71.1 cm³/mol. The van der Waals surface area contributed by atoms with E-state index in [1.807, 2.05) is 6.07 Å². The topological polar surface area (TPSA) is 30.5 Å². The molecule has 3 heteroatoms. The molecule has 0 saturated carbocycles. The number of hydrogen-bond donors (Lipinski definition) is 1. The summed E-state index contributed by atoms with van der Waals surface area (Å²) < 4.78 is 11.8. The van der Waals surface area contributed by atoms with Crippen LogP contribution in [0.1, 0.15) is 30.7 Å². The summed E-state index contributed by atoms with van der Waals surface area (Å²) in [7, 11) is 0. The molecule has 1 unspecified atom stereocenters. The van der Waals surface area contributed by atoms with Crippen LogP contribution >= 0.6 is 0 Å². The van der Waals surface area contributed by atoms with Crippen molar-refractivity contribution in [1.29, 1.82) is 0 Å². The molecular weight excluding hydrogens is 226 g/mol. The molecule has 1 fully saturated rings. The third kappa shape index (κ3) is 2.68. The summed E-state index contributed by atoms with van der Waals surface area (Å²) in [6.45, 7) is 3.84. The van der Waals surface area contributed by atoms with Crippen LogP contribution in [0.2, 0.25) is 0 Å². The van der Waals surface area contributed by atoms with Gasteiger partial charge in [-0.1, -0.05) is 18.2 Å². The van der Waals surface area contributed by atoms with Crippen molar-refractivity contribution in [2.24, 2.45) is 0 Å². The van der Waals surface area contributed by atoms with Crippen LogP contribution in [-0.2, 0) is 4.74 Å². The van der Waals surface area contributed by atoms with Crippen molar-refractivity contribution < 1.29 is 9.47 Å². The van der Waals surface area contributed by atoms with Crippen molar-refractivity contribution >= 4 is 0 Å². The van der Waals surface area contributed by atoms with E-state index >= 15 is 0 Å². The first-order chi connectivity index (χ1) is 8.93. The standard InChI is InChI=1S/C15H21NO2/c1-2-4-15-14(3-1)12(7-10-17-15)11-18-13-5-8-16-9-6-13/h1-4,12-13,16H,5-11H2. The first-order valence-electron chi connectivity index (χ1n) is 6.97. The van der Waals surface area contributed by atoms with Gasteiger partial charge in [-0.05, 0) is 44.0 Å². The first kappa shape index (κ1) is 12.0. The Bertz CT molecular complexity index is 388. The van der Waals surface area contributed by atoms with E-state index in [4.69, 9.17) is 9.47 Å². The highest BCUT2D eigenvalue weighted by molar-refractivity contribution is 5.37. The largest absolute Gasteiger partial charge is 0.493 e. The van der Waals surface area contributed by atoms with E-state index in [9.17, 15) is 0 Å². The van der Waals surface area contributed by atoms with Crippen molar-refractivity contribution in [2.45, 2.75) is 31.3 Å². The van der Waals surface area contributed by atoms with Gasteiger partial charge < -0.3 is 14.8 Å². The number of benzene rings is 1. The van der Waals surface area contributed by atoms with Crippen LogP contribution < -0.4 is 10.1 Å². The quantitative estimate of drug-likeness (QED) is 0.889. The number of piperidine rings is 1. The third-order valence-corrected chi connectivity index (χ3v) is 3.90. The molecule has 0 aromatic heterocycles. The Labute approximate surface area is 108 Å². The smallest absolute Gasteiger partial charge is 0.122 e. The summed E-state index contributed by atoms with van der Waals surface area (Å²) >= 11 is 0. The summed E-state index contributed by atoms with van der Waals surface area (Å²) in [5, 5.41) is 3.37. The molecule has 18 heavy (non-hydrogen) atoms. The minimum Gasteiger partial charge on any atom is -0.493 e. The van der Waals surface area contributed by atoms with Gasteiger partial charge >= 0.3 is 0 Å². The van der Waals surface area contributed by atoms with E-state index in [2.05, 4.69) is 23.5 Å². The van der Waals surface area contributed by atoms with Gasteiger partial charge in [-0.15, -0.1) is 0 Å². The molecule has 1 aromatic carbocycles. The molecule has 1 atom stereocenters. The normalized spacial score (nSPS) is 24.3. The second-order valence-electron chi connectivity index (χ2n) is 5.15. The fourth-order valence-electron chi connectivity index (χ4n) is 2.80. The van der Waals surface area contributed by atoms with Gasteiger partial charge in [-0.2, -0.15) is 0 Å². The lowest BCUT2D eigenvalue weighted by Gasteiger charge is -2.29. The van der Waals surface area contributed by atoms with Crippen LogP contribution in [0, 0.1) is 0 Å². The SMILES string of the molecule is c1ccc2c(c1)OCCC2COC1CCNCC1. The van der Waals surface area contributed by atoms with Gasteiger partial charge in [0.2, 0.25) is 0 Å². The average molecular weight is 247 g/mol. The molecule has 2 aliphatic rings. The Balaban J connectivity index is 1.60. The Hall–Kier alpha value is -1.06. The molecule has 1 saturated heterocycles. The molecular formula is C15H21NO2. The third-order valence-electron chi connectivity index (χ3n) is 3.90. The zero-order chi connectivity index (χ0) is 12.2. The fraction of sp³-hybridized carbons (Fsp3) is 0.600. The predicted octanol–water partition coefficient (Wildman–Crippen LogP) is 2.32. The average Bonchev–Trinajstić information content (AvgIpc) is 2.46. The molecule has 3 nitrogen and oxygen atoms in total. The number of nitrogens with one attached hydrogen (secondary N) is 1. The van der Waals surface area contributed by atoms with Crippen molar-refractivity contribution in [3.05, 3.63) is 29.8 Å². The number of hydrogen-bond acceptors (Lipinski definition) is 3. The van der Waals surface area contributed by atoms with E-state index in [1.165, 1.54) is 5.56 Å². The second kappa shape index (κ2) is 5.72.